The van der Waals surface area contributed by atoms with E-state index in [1.54, 1.807) is 14.2 Å². The van der Waals surface area contributed by atoms with Gasteiger partial charge in [-0.25, -0.2) is 0 Å². The fourth-order valence-corrected chi connectivity index (χ4v) is 3.18. The number of aliphatic imine (C=N–C) groups is 1. The molecular weight excluding hydrogens is 322 g/mol. The van der Waals surface area contributed by atoms with E-state index in [1.807, 2.05) is 54.6 Å². The van der Waals surface area contributed by atoms with E-state index in [1.165, 1.54) is 0 Å². The molecule has 0 radical (unpaired) electrons. The molecule has 0 aliphatic carbocycles. The van der Waals surface area contributed by atoms with E-state index in [-0.39, 0.29) is 0 Å². The van der Waals surface area contributed by atoms with Gasteiger partial charge in [0.25, 0.3) is 0 Å². The quantitative estimate of drug-likeness (QED) is 0.596. The Morgan fingerprint density at radius 1 is 1.08 bits per heavy atom. The smallest absolute Gasteiger partial charge is 0.191 e. The molecule has 1 atom stereocenters. The molecule has 6 heteroatoms. The maximum atomic E-state index is 12.2. The summed E-state index contributed by atoms with van der Waals surface area (Å²) in [6.07, 6.45) is 0. The van der Waals surface area contributed by atoms with E-state index in [4.69, 9.17) is 4.74 Å². The number of para-hydroxylation sites is 1. The second-order valence-corrected chi connectivity index (χ2v) is 6.60. The van der Waals surface area contributed by atoms with Crippen LogP contribution in [-0.4, -0.2) is 36.6 Å². The summed E-state index contributed by atoms with van der Waals surface area (Å²) in [6, 6.07) is 17.3. The number of benzene rings is 2. The highest BCUT2D eigenvalue weighted by molar-refractivity contribution is 7.85. The van der Waals surface area contributed by atoms with Gasteiger partial charge >= 0.3 is 0 Å². The van der Waals surface area contributed by atoms with Crippen molar-refractivity contribution in [2.24, 2.45) is 4.99 Å². The molecular formula is C18H23N3O2S. The molecule has 0 aliphatic rings. The SMILES string of the molecule is CN=C(NCCS(=O)c1ccccc1)NCc1ccccc1OC. The summed E-state index contributed by atoms with van der Waals surface area (Å²) in [7, 11) is 2.36. The lowest BCUT2D eigenvalue weighted by Gasteiger charge is -2.13. The van der Waals surface area contributed by atoms with Crippen molar-refractivity contribution in [2.45, 2.75) is 11.4 Å². The molecule has 0 aromatic heterocycles. The number of rotatable bonds is 7. The summed E-state index contributed by atoms with van der Waals surface area (Å²) in [5.74, 6) is 2.04. The first-order valence-electron chi connectivity index (χ1n) is 7.74. The Morgan fingerprint density at radius 2 is 1.79 bits per heavy atom. The monoisotopic (exact) mass is 345 g/mol. The summed E-state index contributed by atoms with van der Waals surface area (Å²) in [5.41, 5.74) is 1.05. The lowest BCUT2D eigenvalue weighted by molar-refractivity contribution is 0.409. The van der Waals surface area contributed by atoms with Gasteiger partial charge in [0.2, 0.25) is 0 Å². The van der Waals surface area contributed by atoms with Crippen molar-refractivity contribution >= 4 is 16.8 Å². The van der Waals surface area contributed by atoms with Crippen LogP contribution in [0.1, 0.15) is 5.56 Å². The molecule has 0 aliphatic heterocycles. The average Bonchev–Trinajstić information content (AvgIpc) is 2.65. The van der Waals surface area contributed by atoms with Gasteiger partial charge in [-0.15, -0.1) is 0 Å². The van der Waals surface area contributed by atoms with Crippen LogP contribution in [0.15, 0.2) is 64.5 Å². The van der Waals surface area contributed by atoms with Crippen LogP contribution in [-0.2, 0) is 17.3 Å². The molecule has 128 valence electrons. The fourth-order valence-electron chi connectivity index (χ4n) is 2.20. The van der Waals surface area contributed by atoms with Crippen molar-refractivity contribution in [3.8, 4) is 5.75 Å². The third kappa shape index (κ3) is 5.38. The topological polar surface area (TPSA) is 62.7 Å². The van der Waals surface area contributed by atoms with Crippen LogP contribution in [0.3, 0.4) is 0 Å². The van der Waals surface area contributed by atoms with Gasteiger partial charge in [0.15, 0.2) is 5.96 Å². The Morgan fingerprint density at radius 3 is 2.50 bits per heavy atom. The molecule has 1 unspecified atom stereocenters. The van der Waals surface area contributed by atoms with E-state index < -0.39 is 10.8 Å². The van der Waals surface area contributed by atoms with Gasteiger partial charge in [0, 0.05) is 36.3 Å². The summed E-state index contributed by atoms with van der Waals surface area (Å²) >= 11 is 0. The molecule has 0 saturated carbocycles. The zero-order valence-corrected chi connectivity index (χ0v) is 14.8. The fraction of sp³-hybridized carbons (Fsp3) is 0.278. The maximum Gasteiger partial charge on any atom is 0.191 e. The summed E-state index contributed by atoms with van der Waals surface area (Å²) in [5, 5.41) is 6.42. The average molecular weight is 345 g/mol. The molecule has 0 amide bonds. The number of guanidine groups is 1. The van der Waals surface area contributed by atoms with Gasteiger partial charge in [0.05, 0.1) is 17.9 Å². The first-order valence-corrected chi connectivity index (χ1v) is 9.06. The molecule has 2 aromatic rings. The standard InChI is InChI=1S/C18H23N3O2S/c1-19-18(21-14-15-8-6-7-11-17(15)23-2)20-12-13-24(22)16-9-4-3-5-10-16/h3-11H,12-14H2,1-2H3,(H2,19,20,21). The van der Waals surface area contributed by atoms with Crippen molar-refractivity contribution < 1.29 is 8.95 Å². The predicted octanol–water partition coefficient (Wildman–Crippen LogP) is 2.17. The van der Waals surface area contributed by atoms with Crippen molar-refractivity contribution in [3.05, 3.63) is 60.2 Å². The molecule has 0 heterocycles. The summed E-state index contributed by atoms with van der Waals surface area (Å²) in [4.78, 5) is 5.03. The largest absolute Gasteiger partial charge is 0.496 e. The van der Waals surface area contributed by atoms with Crippen LogP contribution in [0.5, 0.6) is 5.75 Å². The first-order chi connectivity index (χ1) is 11.7. The molecule has 0 saturated heterocycles. The van der Waals surface area contributed by atoms with Gasteiger partial charge in [-0.1, -0.05) is 36.4 Å². The molecule has 2 rings (SSSR count). The minimum Gasteiger partial charge on any atom is -0.496 e. The van der Waals surface area contributed by atoms with Crippen LogP contribution in [0.25, 0.3) is 0 Å². The van der Waals surface area contributed by atoms with Gasteiger partial charge in [-0.2, -0.15) is 0 Å². The Labute approximate surface area is 145 Å². The second-order valence-electron chi connectivity index (χ2n) is 5.03. The molecule has 2 N–H and O–H groups in total. The minimum absolute atomic E-state index is 0.527. The lowest BCUT2D eigenvalue weighted by atomic mass is 10.2. The van der Waals surface area contributed by atoms with Crippen LogP contribution in [0.2, 0.25) is 0 Å². The van der Waals surface area contributed by atoms with E-state index >= 15 is 0 Å². The molecule has 0 spiro atoms. The van der Waals surface area contributed by atoms with E-state index in [0.717, 1.165) is 16.2 Å². The molecule has 0 fully saturated rings. The van der Waals surface area contributed by atoms with E-state index in [2.05, 4.69) is 15.6 Å². The zero-order chi connectivity index (χ0) is 17.2. The Bertz CT molecular complexity index is 690. The Kier molecular flexibility index (Phi) is 7.29. The highest BCUT2D eigenvalue weighted by atomic mass is 32.2. The predicted molar refractivity (Wildman–Crippen MR) is 98.9 cm³/mol. The van der Waals surface area contributed by atoms with Crippen LogP contribution >= 0.6 is 0 Å². The second kappa shape index (κ2) is 9.72. The van der Waals surface area contributed by atoms with Gasteiger partial charge < -0.3 is 15.4 Å². The number of hydrogen-bond donors (Lipinski definition) is 2. The summed E-state index contributed by atoms with van der Waals surface area (Å²) in [6.45, 7) is 1.18. The third-order valence-electron chi connectivity index (χ3n) is 3.45. The van der Waals surface area contributed by atoms with Crippen LogP contribution in [0, 0.1) is 0 Å². The van der Waals surface area contributed by atoms with Crippen LogP contribution < -0.4 is 15.4 Å². The normalized spacial score (nSPS) is 12.5. The zero-order valence-electron chi connectivity index (χ0n) is 14.0. The third-order valence-corrected chi connectivity index (χ3v) is 4.82. The Balaban J connectivity index is 1.79. The van der Waals surface area contributed by atoms with E-state index in [0.29, 0.717) is 24.8 Å². The minimum atomic E-state index is -1.01. The highest BCUT2D eigenvalue weighted by Crippen LogP contribution is 2.16. The first kappa shape index (κ1) is 18.0. The molecule has 0 bridgehead atoms. The highest BCUT2D eigenvalue weighted by Gasteiger charge is 2.05. The number of nitrogens with zero attached hydrogens (tertiary/aromatic N) is 1. The van der Waals surface area contributed by atoms with E-state index in [9.17, 15) is 4.21 Å². The molecule has 5 nitrogen and oxygen atoms in total. The maximum absolute atomic E-state index is 12.2. The summed E-state index contributed by atoms with van der Waals surface area (Å²) < 4.78 is 17.5. The van der Waals surface area contributed by atoms with Crippen molar-refractivity contribution in [3.63, 3.8) is 0 Å². The Hall–Kier alpha value is -2.34. The van der Waals surface area contributed by atoms with Gasteiger partial charge in [-0.3, -0.25) is 9.20 Å². The number of ether oxygens (including phenoxy) is 1. The van der Waals surface area contributed by atoms with Crippen molar-refractivity contribution in [2.75, 3.05) is 26.5 Å². The van der Waals surface area contributed by atoms with Crippen molar-refractivity contribution in [1.29, 1.82) is 0 Å². The van der Waals surface area contributed by atoms with Gasteiger partial charge in [-0.05, 0) is 18.2 Å². The van der Waals surface area contributed by atoms with Crippen molar-refractivity contribution in [1.82, 2.24) is 10.6 Å². The number of nitrogens with one attached hydrogen (secondary N) is 2. The number of hydrogen-bond acceptors (Lipinski definition) is 3. The molecule has 2 aromatic carbocycles. The van der Waals surface area contributed by atoms with Gasteiger partial charge in [0.1, 0.15) is 5.75 Å². The molecule has 24 heavy (non-hydrogen) atoms. The number of methoxy groups -OCH3 is 1. The van der Waals surface area contributed by atoms with Crippen LogP contribution in [0.4, 0.5) is 0 Å². The lowest BCUT2D eigenvalue weighted by Crippen LogP contribution is -2.38.